The van der Waals surface area contributed by atoms with E-state index in [-0.39, 0.29) is 0 Å². The van der Waals surface area contributed by atoms with Gasteiger partial charge in [-0.2, -0.15) is 4.72 Å². The molecule has 0 fully saturated rings. The van der Waals surface area contributed by atoms with Crippen molar-refractivity contribution in [1.82, 2.24) is 4.72 Å². The molecule has 0 aliphatic carbocycles. The van der Waals surface area contributed by atoms with Crippen LogP contribution in [0.15, 0.2) is 59.5 Å². The lowest BCUT2D eigenvalue weighted by Gasteiger charge is -2.19. The maximum absolute atomic E-state index is 13.7. The highest BCUT2D eigenvalue weighted by Crippen LogP contribution is 2.18. The van der Waals surface area contributed by atoms with Gasteiger partial charge in [-0.1, -0.05) is 42.5 Å². The molecule has 0 saturated carbocycles. The van der Waals surface area contributed by atoms with Gasteiger partial charge in [-0.25, -0.2) is 12.8 Å². The van der Waals surface area contributed by atoms with Gasteiger partial charge in [0.15, 0.2) is 0 Å². The van der Waals surface area contributed by atoms with E-state index in [9.17, 15) is 22.4 Å². The molecule has 0 heterocycles. The number of hydrogen-bond acceptors (Lipinski definition) is 5. The Balaban J connectivity index is 2.14. The van der Waals surface area contributed by atoms with Crippen molar-refractivity contribution in [2.24, 2.45) is 5.73 Å². The minimum absolute atomic E-state index is 0.345. The van der Waals surface area contributed by atoms with Gasteiger partial charge in [0.05, 0.1) is 0 Å². The van der Waals surface area contributed by atoms with Crippen LogP contribution in [0.4, 0.5) is 4.39 Å². The first-order chi connectivity index (χ1) is 12.2. The molecule has 2 atom stereocenters. The normalized spacial score (nSPS) is 13.6. The second-order valence-electron chi connectivity index (χ2n) is 5.40. The van der Waals surface area contributed by atoms with Crippen LogP contribution in [0.5, 0.6) is 0 Å². The number of halogens is 1. The first kappa shape index (κ1) is 19.5. The molecule has 0 spiro atoms. The van der Waals surface area contributed by atoms with Gasteiger partial charge < -0.3 is 10.5 Å². The number of sulfonamides is 1. The number of esters is 1. The van der Waals surface area contributed by atoms with Crippen LogP contribution in [0.1, 0.15) is 18.6 Å². The van der Waals surface area contributed by atoms with E-state index in [1.165, 1.54) is 31.2 Å². The highest BCUT2D eigenvalue weighted by atomic mass is 32.2. The Hall–Kier alpha value is -2.78. The molecule has 1 unspecified atom stereocenters. The number of rotatable bonds is 7. The van der Waals surface area contributed by atoms with E-state index in [1.807, 2.05) is 4.72 Å². The minimum atomic E-state index is -4.30. The van der Waals surface area contributed by atoms with E-state index in [4.69, 9.17) is 10.5 Å². The summed E-state index contributed by atoms with van der Waals surface area (Å²) < 4.78 is 45.1. The summed E-state index contributed by atoms with van der Waals surface area (Å²) in [5.74, 6) is -2.90. The van der Waals surface area contributed by atoms with E-state index in [0.29, 0.717) is 5.56 Å². The lowest BCUT2D eigenvalue weighted by atomic mass is 10.1. The predicted octanol–water partition coefficient (Wildman–Crippen LogP) is 1.26. The number of primary amides is 1. The van der Waals surface area contributed by atoms with Crippen LogP contribution >= 0.6 is 0 Å². The standard InChI is InChI=1S/C17H17FN2O5S/c1-11(20-26(23,24)14-10-6-5-9-13(14)18)17(22)25-15(16(19)21)12-7-3-2-4-8-12/h2-11,15,20H,1H3,(H2,19,21)/t11-,15?/m0/s1. The lowest BCUT2D eigenvalue weighted by Crippen LogP contribution is -2.41. The number of benzene rings is 2. The van der Waals surface area contributed by atoms with Crippen LogP contribution in [0.25, 0.3) is 0 Å². The summed E-state index contributed by atoms with van der Waals surface area (Å²) in [5, 5.41) is 0. The molecule has 9 heteroatoms. The van der Waals surface area contributed by atoms with Crippen molar-refractivity contribution in [3.05, 3.63) is 66.0 Å². The van der Waals surface area contributed by atoms with E-state index < -0.39 is 44.8 Å². The Morgan fingerprint density at radius 2 is 1.65 bits per heavy atom. The minimum Gasteiger partial charge on any atom is -0.446 e. The SMILES string of the molecule is C[C@H](NS(=O)(=O)c1ccccc1F)C(=O)OC(C(N)=O)c1ccccc1. The van der Waals surface area contributed by atoms with Crippen LogP contribution in [0.2, 0.25) is 0 Å². The van der Waals surface area contributed by atoms with Crippen molar-refractivity contribution in [2.75, 3.05) is 0 Å². The number of amides is 1. The average Bonchev–Trinajstić information content (AvgIpc) is 2.59. The zero-order valence-corrected chi connectivity index (χ0v) is 14.6. The van der Waals surface area contributed by atoms with Crippen molar-refractivity contribution in [2.45, 2.75) is 24.0 Å². The van der Waals surface area contributed by atoms with Crippen molar-refractivity contribution in [3.63, 3.8) is 0 Å². The summed E-state index contributed by atoms with van der Waals surface area (Å²) >= 11 is 0. The van der Waals surface area contributed by atoms with Gasteiger partial charge in [0.25, 0.3) is 5.91 Å². The summed E-state index contributed by atoms with van der Waals surface area (Å²) in [4.78, 5) is 23.1. The second kappa shape index (κ2) is 8.07. The molecule has 0 aliphatic rings. The number of nitrogens with two attached hydrogens (primary N) is 1. The zero-order chi connectivity index (χ0) is 19.3. The van der Waals surface area contributed by atoms with Crippen LogP contribution in [0, 0.1) is 5.82 Å². The zero-order valence-electron chi connectivity index (χ0n) is 13.8. The van der Waals surface area contributed by atoms with Crippen molar-refractivity contribution < 1.29 is 27.1 Å². The molecule has 1 amide bonds. The quantitative estimate of drug-likeness (QED) is 0.702. The van der Waals surface area contributed by atoms with Gasteiger partial charge in [0, 0.05) is 5.56 Å². The molecule has 0 bridgehead atoms. The number of ether oxygens (including phenoxy) is 1. The Morgan fingerprint density at radius 3 is 2.23 bits per heavy atom. The summed E-state index contributed by atoms with van der Waals surface area (Å²) in [7, 11) is -4.30. The van der Waals surface area contributed by atoms with Gasteiger partial charge in [-0.05, 0) is 19.1 Å². The molecule has 3 N–H and O–H groups in total. The fraction of sp³-hybridized carbons (Fsp3) is 0.176. The highest BCUT2D eigenvalue weighted by Gasteiger charge is 2.29. The Labute approximate surface area is 150 Å². The Kier molecular flexibility index (Phi) is 6.06. The second-order valence-corrected chi connectivity index (χ2v) is 7.09. The molecule has 0 saturated heterocycles. The number of nitrogens with one attached hydrogen (secondary N) is 1. The monoisotopic (exact) mass is 380 g/mol. The summed E-state index contributed by atoms with van der Waals surface area (Å²) in [6.45, 7) is 1.21. The van der Waals surface area contributed by atoms with Gasteiger partial charge >= 0.3 is 5.97 Å². The molecule has 26 heavy (non-hydrogen) atoms. The van der Waals surface area contributed by atoms with Crippen LogP contribution in [0.3, 0.4) is 0 Å². The van der Waals surface area contributed by atoms with Crippen molar-refractivity contribution in [3.8, 4) is 0 Å². The third-order valence-electron chi connectivity index (χ3n) is 3.41. The Morgan fingerprint density at radius 1 is 1.08 bits per heavy atom. The molecule has 7 nitrogen and oxygen atoms in total. The number of hydrogen-bond donors (Lipinski definition) is 2. The fourth-order valence-electron chi connectivity index (χ4n) is 2.14. The Bertz CT molecular complexity index is 902. The van der Waals surface area contributed by atoms with Crippen LogP contribution in [-0.2, 0) is 24.3 Å². The largest absolute Gasteiger partial charge is 0.446 e. The van der Waals surface area contributed by atoms with Gasteiger partial charge in [-0.3, -0.25) is 9.59 Å². The fourth-order valence-corrected chi connectivity index (χ4v) is 3.41. The average molecular weight is 380 g/mol. The molecule has 0 aromatic heterocycles. The number of carbonyl (C=O) groups is 2. The van der Waals surface area contributed by atoms with E-state index in [2.05, 4.69) is 0 Å². The molecule has 2 aromatic rings. The van der Waals surface area contributed by atoms with E-state index in [1.54, 1.807) is 18.2 Å². The predicted molar refractivity (Wildman–Crippen MR) is 90.7 cm³/mol. The maximum atomic E-state index is 13.7. The third-order valence-corrected chi connectivity index (χ3v) is 4.98. The van der Waals surface area contributed by atoms with Crippen molar-refractivity contribution in [1.29, 1.82) is 0 Å². The van der Waals surface area contributed by atoms with Crippen LogP contribution < -0.4 is 10.5 Å². The molecule has 2 rings (SSSR count). The first-order valence-electron chi connectivity index (χ1n) is 7.54. The molecular formula is C17H17FN2O5S. The third kappa shape index (κ3) is 4.64. The topological polar surface area (TPSA) is 116 Å². The summed E-state index contributed by atoms with van der Waals surface area (Å²) in [6.07, 6.45) is -1.37. The molecule has 138 valence electrons. The maximum Gasteiger partial charge on any atom is 0.325 e. The summed E-state index contributed by atoms with van der Waals surface area (Å²) in [5.41, 5.74) is 5.60. The summed E-state index contributed by atoms with van der Waals surface area (Å²) in [6, 6.07) is 11.4. The molecule has 0 aliphatic heterocycles. The smallest absolute Gasteiger partial charge is 0.325 e. The lowest BCUT2D eigenvalue weighted by molar-refractivity contribution is -0.156. The molecule has 0 radical (unpaired) electrons. The van der Waals surface area contributed by atoms with Crippen molar-refractivity contribution >= 4 is 21.9 Å². The molecular weight excluding hydrogens is 363 g/mol. The first-order valence-corrected chi connectivity index (χ1v) is 9.02. The van der Waals surface area contributed by atoms with Crippen LogP contribution in [-0.4, -0.2) is 26.3 Å². The number of carbonyl (C=O) groups excluding carboxylic acids is 2. The van der Waals surface area contributed by atoms with E-state index in [0.717, 1.165) is 12.1 Å². The highest BCUT2D eigenvalue weighted by molar-refractivity contribution is 7.89. The van der Waals surface area contributed by atoms with Gasteiger partial charge in [0.2, 0.25) is 16.1 Å². The van der Waals surface area contributed by atoms with Gasteiger partial charge in [-0.15, -0.1) is 0 Å². The van der Waals surface area contributed by atoms with E-state index >= 15 is 0 Å². The molecule has 2 aromatic carbocycles. The van der Waals surface area contributed by atoms with Gasteiger partial charge in [0.1, 0.15) is 16.8 Å².